The van der Waals surface area contributed by atoms with Crippen LogP contribution in [0.5, 0.6) is 0 Å². The second-order valence-electron chi connectivity index (χ2n) is 7.21. The first-order chi connectivity index (χ1) is 10.3. The van der Waals surface area contributed by atoms with E-state index < -0.39 is 5.54 Å². The molecule has 0 heterocycles. The molecule has 0 radical (unpaired) electrons. The highest BCUT2D eigenvalue weighted by Gasteiger charge is 2.37. The van der Waals surface area contributed by atoms with Crippen molar-refractivity contribution in [2.75, 3.05) is 6.54 Å². The molecule has 2 rings (SSSR count). The fraction of sp³-hybridized carbons (Fsp3) is 0.611. The smallest absolute Gasteiger partial charge is 0.240 e. The highest BCUT2D eigenvalue weighted by molar-refractivity contribution is 5.86. The number of nitrogens with two attached hydrogens (primary N) is 1. The maximum Gasteiger partial charge on any atom is 0.240 e. The van der Waals surface area contributed by atoms with Crippen molar-refractivity contribution in [3.8, 4) is 0 Å². The second kappa shape index (κ2) is 6.80. The van der Waals surface area contributed by atoms with Gasteiger partial charge in [0.15, 0.2) is 0 Å². The fourth-order valence-corrected chi connectivity index (χ4v) is 3.17. The Kier molecular flexibility index (Phi) is 5.24. The van der Waals surface area contributed by atoms with Crippen molar-refractivity contribution >= 4 is 5.91 Å². The lowest BCUT2D eigenvalue weighted by Crippen LogP contribution is -2.57. The van der Waals surface area contributed by atoms with Crippen molar-refractivity contribution in [2.45, 2.75) is 63.6 Å². The van der Waals surface area contributed by atoms with Gasteiger partial charge in [0.05, 0.1) is 5.54 Å². The summed E-state index contributed by atoms with van der Waals surface area (Å²) in [6, 6.07) is 10.6. The van der Waals surface area contributed by atoms with Gasteiger partial charge in [0.2, 0.25) is 5.91 Å². The van der Waals surface area contributed by atoms with E-state index in [1.54, 1.807) is 0 Å². The lowest BCUT2D eigenvalue weighted by Gasteiger charge is -2.32. The van der Waals surface area contributed by atoms with Gasteiger partial charge in [-0.2, -0.15) is 0 Å². The van der Waals surface area contributed by atoms with E-state index in [4.69, 9.17) is 5.73 Å². The van der Waals surface area contributed by atoms with Gasteiger partial charge in [-0.25, -0.2) is 0 Å². The average Bonchev–Trinajstić information content (AvgIpc) is 2.93. The molecule has 122 valence electrons. The third-order valence-corrected chi connectivity index (χ3v) is 4.55. The summed E-state index contributed by atoms with van der Waals surface area (Å²) in [6.45, 7) is 6.91. The van der Waals surface area contributed by atoms with E-state index >= 15 is 0 Å². The van der Waals surface area contributed by atoms with Crippen LogP contribution in [0.4, 0.5) is 0 Å². The molecule has 1 atom stereocenters. The molecule has 1 amide bonds. The highest BCUT2D eigenvalue weighted by Crippen LogP contribution is 2.27. The summed E-state index contributed by atoms with van der Waals surface area (Å²) in [5.41, 5.74) is 6.59. The van der Waals surface area contributed by atoms with Crippen molar-refractivity contribution in [3.05, 3.63) is 35.9 Å². The first kappa shape index (κ1) is 17.0. The van der Waals surface area contributed by atoms with Crippen LogP contribution in [0, 0.1) is 0 Å². The number of rotatable bonds is 6. The van der Waals surface area contributed by atoms with E-state index in [1.807, 2.05) is 18.2 Å². The minimum Gasteiger partial charge on any atom is -0.353 e. The number of carbonyl (C=O) groups is 1. The van der Waals surface area contributed by atoms with Crippen molar-refractivity contribution in [2.24, 2.45) is 5.73 Å². The van der Waals surface area contributed by atoms with Crippen molar-refractivity contribution in [1.82, 2.24) is 10.6 Å². The maximum absolute atomic E-state index is 12.3. The summed E-state index contributed by atoms with van der Waals surface area (Å²) >= 11 is 0. The average molecular weight is 303 g/mol. The standard InChI is InChI=1S/C18H29N3O/c1-14(15-9-5-4-6-10-15)21-17(2,3)13-20-16(22)18(19)11-7-8-12-18/h4-6,9-10,14,21H,7-8,11-13,19H2,1-3H3,(H,20,22). The summed E-state index contributed by atoms with van der Waals surface area (Å²) in [4.78, 5) is 12.3. The molecule has 0 bridgehead atoms. The highest BCUT2D eigenvalue weighted by atomic mass is 16.2. The van der Waals surface area contributed by atoms with Gasteiger partial charge >= 0.3 is 0 Å². The molecular weight excluding hydrogens is 274 g/mol. The van der Waals surface area contributed by atoms with Crippen LogP contribution >= 0.6 is 0 Å². The van der Waals surface area contributed by atoms with Crippen LogP contribution in [0.2, 0.25) is 0 Å². The van der Waals surface area contributed by atoms with Crippen LogP contribution in [-0.4, -0.2) is 23.5 Å². The Bertz CT molecular complexity index is 492. The summed E-state index contributed by atoms with van der Waals surface area (Å²) in [5, 5.41) is 6.61. The zero-order valence-corrected chi connectivity index (χ0v) is 14.0. The van der Waals surface area contributed by atoms with Crippen molar-refractivity contribution in [1.29, 1.82) is 0 Å². The lowest BCUT2D eigenvalue weighted by molar-refractivity contribution is -0.126. The molecular formula is C18H29N3O. The third-order valence-electron chi connectivity index (χ3n) is 4.55. The molecule has 1 aliphatic carbocycles. The molecule has 1 fully saturated rings. The predicted octanol–water partition coefficient (Wildman–Crippen LogP) is 2.50. The van der Waals surface area contributed by atoms with E-state index in [-0.39, 0.29) is 17.5 Å². The van der Waals surface area contributed by atoms with Crippen LogP contribution in [0.25, 0.3) is 0 Å². The van der Waals surface area contributed by atoms with Crippen LogP contribution in [0.15, 0.2) is 30.3 Å². The number of nitrogens with one attached hydrogen (secondary N) is 2. The summed E-state index contributed by atoms with van der Waals surface area (Å²) < 4.78 is 0. The Labute approximate surface area is 133 Å². The molecule has 22 heavy (non-hydrogen) atoms. The van der Waals surface area contributed by atoms with Gasteiger partial charge in [-0.05, 0) is 39.2 Å². The summed E-state index contributed by atoms with van der Waals surface area (Å²) in [5.74, 6) is -0.00719. The van der Waals surface area contributed by atoms with Gasteiger partial charge in [-0.3, -0.25) is 4.79 Å². The van der Waals surface area contributed by atoms with E-state index in [0.29, 0.717) is 6.54 Å². The van der Waals surface area contributed by atoms with Crippen LogP contribution in [0.1, 0.15) is 58.1 Å². The molecule has 4 N–H and O–H groups in total. The van der Waals surface area contributed by atoms with Gasteiger partial charge in [-0.15, -0.1) is 0 Å². The number of carbonyl (C=O) groups excluding carboxylic acids is 1. The zero-order chi connectivity index (χ0) is 16.2. The Morgan fingerprint density at radius 3 is 2.45 bits per heavy atom. The Morgan fingerprint density at radius 2 is 1.86 bits per heavy atom. The number of hydrogen-bond donors (Lipinski definition) is 3. The van der Waals surface area contributed by atoms with E-state index in [1.165, 1.54) is 5.56 Å². The molecule has 1 unspecified atom stereocenters. The van der Waals surface area contributed by atoms with E-state index in [2.05, 4.69) is 43.5 Å². The monoisotopic (exact) mass is 303 g/mol. The van der Waals surface area contributed by atoms with E-state index in [9.17, 15) is 4.79 Å². The quantitative estimate of drug-likeness (QED) is 0.756. The fourth-order valence-electron chi connectivity index (χ4n) is 3.17. The molecule has 4 heteroatoms. The Morgan fingerprint density at radius 1 is 1.27 bits per heavy atom. The van der Waals surface area contributed by atoms with Gasteiger partial charge in [0, 0.05) is 18.1 Å². The summed E-state index contributed by atoms with van der Waals surface area (Å²) in [7, 11) is 0. The topological polar surface area (TPSA) is 67.1 Å². The van der Waals surface area contributed by atoms with Crippen molar-refractivity contribution < 1.29 is 4.79 Å². The summed E-state index contributed by atoms with van der Waals surface area (Å²) in [6.07, 6.45) is 3.70. The van der Waals surface area contributed by atoms with E-state index in [0.717, 1.165) is 25.7 Å². The molecule has 1 aromatic rings. The third kappa shape index (κ3) is 4.31. The first-order valence-corrected chi connectivity index (χ1v) is 8.22. The number of benzene rings is 1. The van der Waals surface area contributed by atoms with Gasteiger partial charge in [-0.1, -0.05) is 43.2 Å². The maximum atomic E-state index is 12.3. The molecule has 1 saturated carbocycles. The number of hydrogen-bond acceptors (Lipinski definition) is 3. The molecule has 4 nitrogen and oxygen atoms in total. The second-order valence-corrected chi connectivity index (χ2v) is 7.21. The molecule has 0 aliphatic heterocycles. The largest absolute Gasteiger partial charge is 0.353 e. The van der Waals surface area contributed by atoms with Crippen molar-refractivity contribution in [3.63, 3.8) is 0 Å². The van der Waals surface area contributed by atoms with Crippen LogP contribution in [-0.2, 0) is 4.79 Å². The molecule has 0 spiro atoms. The van der Waals surface area contributed by atoms with Gasteiger partial charge < -0.3 is 16.4 Å². The molecule has 1 aromatic carbocycles. The molecule has 0 saturated heterocycles. The minimum atomic E-state index is -0.652. The zero-order valence-electron chi connectivity index (χ0n) is 14.0. The first-order valence-electron chi connectivity index (χ1n) is 8.22. The molecule has 0 aromatic heterocycles. The number of amides is 1. The molecule has 1 aliphatic rings. The minimum absolute atomic E-state index is 0.00719. The SMILES string of the molecule is CC(NC(C)(C)CNC(=O)C1(N)CCCC1)c1ccccc1. The van der Waals surface area contributed by atoms with Gasteiger partial charge in [0.1, 0.15) is 0 Å². The van der Waals surface area contributed by atoms with Crippen LogP contribution < -0.4 is 16.4 Å². The Balaban J connectivity index is 1.87. The van der Waals surface area contributed by atoms with Crippen LogP contribution in [0.3, 0.4) is 0 Å². The normalized spacial score (nSPS) is 18.9. The van der Waals surface area contributed by atoms with Gasteiger partial charge in [0.25, 0.3) is 0 Å². The Hall–Kier alpha value is -1.39. The lowest BCUT2D eigenvalue weighted by atomic mass is 9.96. The predicted molar refractivity (Wildman–Crippen MR) is 90.5 cm³/mol.